The highest BCUT2D eigenvalue weighted by Crippen LogP contribution is 2.51. The number of ether oxygens (including phenoxy) is 2. The van der Waals surface area contributed by atoms with Crippen molar-refractivity contribution in [3.05, 3.63) is 28.8 Å². The predicted octanol–water partition coefficient (Wildman–Crippen LogP) is 4.26. The first-order valence-corrected chi connectivity index (χ1v) is 8.38. The van der Waals surface area contributed by atoms with E-state index in [1.165, 1.54) is 14.2 Å². The lowest BCUT2D eigenvalue weighted by Gasteiger charge is -2.23. The predicted molar refractivity (Wildman–Crippen MR) is 78.6 cm³/mol. The number of halogens is 1. The molecule has 0 amide bonds. The zero-order chi connectivity index (χ0) is 15.2. The third-order valence-corrected chi connectivity index (χ3v) is 4.88. The van der Waals surface area contributed by atoms with E-state index < -0.39 is 13.9 Å². The lowest BCUT2D eigenvalue weighted by molar-refractivity contribution is -0.0645. The van der Waals surface area contributed by atoms with Crippen LogP contribution in [0.2, 0.25) is 5.02 Å². The van der Waals surface area contributed by atoms with E-state index in [0.717, 1.165) is 0 Å². The van der Waals surface area contributed by atoms with Crippen LogP contribution in [0.4, 0.5) is 0 Å². The fourth-order valence-corrected chi connectivity index (χ4v) is 3.08. The highest BCUT2D eigenvalue weighted by molar-refractivity contribution is 7.53. The van der Waals surface area contributed by atoms with Gasteiger partial charge in [-0.1, -0.05) is 24.6 Å². The Kier molecular flexibility index (Phi) is 7.00. The molecule has 1 aromatic carbocycles. The summed E-state index contributed by atoms with van der Waals surface area (Å²) in [6, 6.07) is 5.08. The van der Waals surface area contributed by atoms with Crippen LogP contribution in [0.15, 0.2) is 18.2 Å². The number of hydrogen-bond acceptors (Lipinski definition) is 5. The minimum Gasteiger partial charge on any atom is -0.495 e. The third kappa shape index (κ3) is 4.47. The molecule has 0 saturated carbocycles. The van der Waals surface area contributed by atoms with Crippen molar-refractivity contribution in [2.24, 2.45) is 0 Å². The van der Waals surface area contributed by atoms with Gasteiger partial charge in [0.1, 0.15) is 5.75 Å². The van der Waals surface area contributed by atoms with Crippen LogP contribution in [0.25, 0.3) is 0 Å². The van der Waals surface area contributed by atoms with Crippen molar-refractivity contribution >= 4 is 19.2 Å². The monoisotopic (exact) mass is 322 g/mol. The molecule has 0 spiro atoms. The molecule has 0 fully saturated rings. The van der Waals surface area contributed by atoms with Crippen LogP contribution >= 0.6 is 19.2 Å². The van der Waals surface area contributed by atoms with Crippen molar-refractivity contribution in [1.82, 2.24) is 0 Å². The molecule has 0 aromatic heterocycles. The zero-order valence-corrected chi connectivity index (χ0v) is 13.7. The first-order valence-electron chi connectivity index (χ1n) is 6.27. The lowest BCUT2D eigenvalue weighted by Crippen LogP contribution is -2.08. The molecule has 0 aliphatic rings. The largest absolute Gasteiger partial charge is 0.495 e. The summed E-state index contributed by atoms with van der Waals surface area (Å²) in [5, 5.41) is 0.481. The van der Waals surface area contributed by atoms with Gasteiger partial charge in [-0.3, -0.25) is 9.09 Å². The van der Waals surface area contributed by atoms with Gasteiger partial charge >= 0.3 is 7.60 Å². The van der Waals surface area contributed by atoms with Crippen molar-refractivity contribution in [1.29, 1.82) is 0 Å². The Labute approximate surface area is 124 Å². The average Bonchev–Trinajstić information content (AvgIpc) is 2.46. The summed E-state index contributed by atoms with van der Waals surface area (Å²) in [5.41, 5.74) is 0.655. The quantitative estimate of drug-likeness (QED) is 0.528. The summed E-state index contributed by atoms with van der Waals surface area (Å²) in [7, 11) is -0.184. The van der Waals surface area contributed by atoms with Crippen LogP contribution in [-0.2, 0) is 18.3 Å². The lowest BCUT2D eigenvalue weighted by atomic mass is 10.2. The summed E-state index contributed by atoms with van der Waals surface area (Å²) in [6.07, 6.45) is -0.538. The second-order valence-electron chi connectivity index (χ2n) is 3.91. The summed E-state index contributed by atoms with van der Waals surface area (Å²) < 4.78 is 33.5. The minimum absolute atomic E-state index is 0.269. The smallest absolute Gasteiger partial charge is 0.332 e. The Morgan fingerprint density at radius 1 is 1.30 bits per heavy atom. The van der Waals surface area contributed by atoms with Crippen LogP contribution in [0.5, 0.6) is 5.75 Å². The third-order valence-electron chi connectivity index (χ3n) is 2.63. The summed E-state index contributed by atoms with van der Waals surface area (Å²) in [6.45, 7) is 3.82. The maximum Gasteiger partial charge on any atom is 0.332 e. The van der Waals surface area contributed by atoms with Crippen LogP contribution in [0, 0.1) is 0 Å². The topological polar surface area (TPSA) is 54.0 Å². The highest BCUT2D eigenvalue weighted by atomic mass is 35.5. The molecule has 0 heterocycles. The molecule has 1 aromatic rings. The van der Waals surface area contributed by atoms with E-state index in [1.54, 1.807) is 32.0 Å². The molecule has 0 aliphatic carbocycles. The number of hydrogen-bond donors (Lipinski definition) is 0. The maximum atomic E-state index is 12.4. The van der Waals surface area contributed by atoms with Crippen LogP contribution in [0.1, 0.15) is 25.7 Å². The van der Waals surface area contributed by atoms with E-state index in [4.69, 9.17) is 30.1 Å². The molecule has 7 heteroatoms. The van der Waals surface area contributed by atoms with Gasteiger partial charge in [0.25, 0.3) is 0 Å². The normalized spacial score (nSPS) is 15.7. The van der Waals surface area contributed by atoms with Gasteiger partial charge in [0, 0.05) is 18.8 Å². The Hall–Kier alpha value is -0.580. The van der Waals surface area contributed by atoms with Gasteiger partial charge in [0.2, 0.25) is 0 Å². The van der Waals surface area contributed by atoms with Gasteiger partial charge < -0.3 is 14.0 Å². The SMILES string of the molecule is CCOP(=O)(CC)OC(OC)c1ccc(Cl)c(OC)c1. The fourth-order valence-electron chi connectivity index (χ4n) is 1.60. The van der Waals surface area contributed by atoms with E-state index in [9.17, 15) is 4.57 Å². The highest BCUT2D eigenvalue weighted by Gasteiger charge is 2.27. The molecule has 20 heavy (non-hydrogen) atoms. The zero-order valence-electron chi connectivity index (χ0n) is 12.1. The van der Waals surface area contributed by atoms with Crippen molar-refractivity contribution in [3.63, 3.8) is 0 Å². The average molecular weight is 323 g/mol. The Morgan fingerprint density at radius 3 is 2.50 bits per heavy atom. The van der Waals surface area contributed by atoms with E-state index >= 15 is 0 Å². The summed E-state index contributed by atoms with van der Waals surface area (Å²) in [5.74, 6) is 0.498. The molecule has 114 valence electrons. The van der Waals surface area contributed by atoms with Crippen LogP contribution < -0.4 is 4.74 Å². The first-order chi connectivity index (χ1) is 9.49. The first kappa shape index (κ1) is 17.5. The van der Waals surface area contributed by atoms with E-state index in [1.807, 2.05) is 0 Å². The molecule has 0 radical (unpaired) electrons. The maximum absolute atomic E-state index is 12.4. The number of rotatable bonds is 8. The van der Waals surface area contributed by atoms with E-state index in [2.05, 4.69) is 0 Å². The molecule has 0 N–H and O–H groups in total. The fraction of sp³-hybridized carbons (Fsp3) is 0.538. The Morgan fingerprint density at radius 2 is 2.00 bits per heavy atom. The van der Waals surface area contributed by atoms with Crippen LogP contribution in [-0.4, -0.2) is 27.0 Å². The molecule has 2 unspecified atom stereocenters. The number of benzene rings is 1. The van der Waals surface area contributed by atoms with Crippen molar-refractivity contribution in [2.45, 2.75) is 20.1 Å². The van der Waals surface area contributed by atoms with Gasteiger partial charge in [-0.25, -0.2) is 0 Å². The van der Waals surface area contributed by atoms with Gasteiger partial charge in [0.05, 0.1) is 18.7 Å². The second kappa shape index (κ2) is 8.01. The Balaban J connectivity index is 2.98. The van der Waals surface area contributed by atoms with E-state index in [0.29, 0.717) is 22.9 Å². The van der Waals surface area contributed by atoms with Gasteiger partial charge in [0.15, 0.2) is 6.29 Å². The molecule has 0 bridgehead atoms. The van der Waals surface area contributed by atoms with E-state index in [-0.39, 0.29) is 6.16 Å². The summed E-state index contributed by atoms with van der Waals surface area (Å²) >= 11 is 5.97. The standard InChI is InChI=1S/C13H20ClO5P/c1-5-18-20(15,6-2)19-13(17-4)10-7-8-11(14)12(9-10)16-3/h7-9,13H,5-6H2,1-4H3. The van der Waals surface area contributed by atoms with Crippen molar-refractivity contribution in [2.75, 3.05) is 27.0 Å². The minimum atomic E-state index is -3.17. The van der Waals surface area contributed by atoms with Gasteiger partial charge in [-0.05, 0) is 19.1 Å². The molecule has 5 nitrogen and oxygen atoms in total. The van der Waals surface area contributed by atoms with Crippen LogP contribution in [0.3, 0.4) is 0 Å². The Bertz CT molecular complexity index is 480. The molecule has 1 rings (SSSR count). The molecular weight excluding hydrogens is 303 g/mol. The number of methoxy groups -OCH3 is 2. The molecule has 0 saturated heterocycles. The second-order valence-corrected chi connectivity index (χ2v) is 6.64. The summed E-state index contributed by atoms with van der Waals surface area (Å²) in [4.78, 5) is 0. The van der Waals surface area contributed by atoms with Gasteiger partial charge in [-0.15, -0.1) is 0 Å². The van der Waals surface area contributed by atoms with Gasteiger partial charge in [-0.2, -0.15) is 0 Å². The molecule has 0 aliphatic heterocycles. The molecular formula is C13H20ClO5P. The van der Waals surface area contributed by atoms with Crippen molar-refractivity contribution < 1.29 is 23.1 Å². The van der Waals surface area contributed by atoms with Crippen molar-refractivity contribution in [3.8, 4) is 5.75 Å². The molecule has 2 atom stereocenters.